The summed E-state index contributed by atoms with van der Waals surface area (Å²) in [6.45, 7) is 0.944. The molecule has 2 fully saturated rings. The van der Waals surface area contributed by atoms with E-state index >= 15 is 0 Å². The van der Waals surface area contributed by atoms with Gasteiger partial charge in [-0.2, -0.15) is 0 Å². The van der Waals surface area contributed by atoms with Crippen LogP contribution in [0.5, 0.6) is 0 Å². The number of aromatic nitrogens is 2. The van der Waals surface area contributed by atoms with Crippen molar-refractivity contribution < 1.29 is 19.6 Å². The fourth-order valence-electron chi connectivity index (χ4n) is 4.01. The second-order valence-electron chi connectivity index (χ2n) is 7.18. The van der Waals surface area contributed by atoms with E-state index in [4.69, 9.17) is 5.11 Å². The fraction of sp³-hybridized carbons (Fsp3) is 0.389. The highest BCUT2D eigenvalue weighted by Gasteiger charge is 2.59. The molecule has 1 aliphatic heterocycles. The number of carboxylic acids is 1. The Labute approximate surface area is 154 Å². The lowest BCUT2D eigenvalue weighted by Gasteiger charge is -2.32. The van der Waals surface area contributed by atoms with E-state index in [2.05, 4.69) is 4.98 Å². The Bertz CT molecular complexity index is 916. The van der Waals surface area contributed by atoms with Gasteiger partial charge in [-0.1, -0.05) is 0 Å². The molecule has 1 spiro atoms. The molecule has 1 atom stereocenters. The van der Waals surface area contributed by atoms with Crippen LogP contribution < -0.4 is 0 Å². The lowest BCUT2D eigenvalue weighted by molar-refractivity contribution is -0.384. The molecule has 1 N–H and O–H groups in total. The summed E-state index contributed by atoms with van der Waals surface area (Å²) in [5.41, 5.74) is 0.265. The summed E-state index contributed by atoms with van der Waals surface area (Å²) in [5, 5.41) is 20.6. The van der Waals surface area contributed by atoms with Crippen LogP contribution in [-0.4, -0.2) is 49.4 Å². The number of amides is 1. The van der Waals surface area contributed by atoms with Crippen molar-refractivity contribution in [3.8, 4) is 5.69 Å². The van der Waals surface area contributed by atoms with Crippen molar-refractivity contribution in [3.63, 3.8) is 0 Å². The zero-order chi connectivity index (χ0) is 19.2. The van der Waals surface area contributed by atoms with Gasteiger partial charge in [-0.3, -0.25) is 19.7 Å². The van der Waals surface area contributed by atoms with Crippen molar-refractivity contribution >= 4 is 17.6 Å². The molecule has 2 aliphatic rings. The van der Waals surface area contributed by atoms with Gasteiger partial charge >= 0.3 is 5.97 Å². The molecule has 140 valence electrons. The monoisotopic (exact) mass is 370 g/mol. The first-order valence-corrected chi connectivity index (χ1v) is 8.70. The average molecular weight is 370 g/mol. The number of rotatable bonds is 4. The lowest BCUT2D eigenvalue weighted by atomic mass is 9.90. The number of nitro benzene ring substituents is 1. The SMILES string of the molecule is O=C(O)C1CC12CCN(C(=O)c1ccc(-n3ccnc3)c([N+](=O)[O-])c1)CC2. The van der Waals surface area contributed by atoms with Crippen molar-refractivity contribution in [2.75, 3.05) is 13.1 Å². The van der Waals surface area contributed by atoms with E-state index < -0.39 is 10.9 Å². The van der Waals surface area contributed by atoms with Gasteiger partial charge in [0.05, 0.1) is 17.2 Å². The Hall–Kier alpha value is -3.23. The molecule has 4 rings (SSSR count). The highest BCUT2D eigenvalue weighted by Crippen LogP contribution is 2.59. The van der Waals surface area contributed by atoms with Gasteiger partial charge in [0.15, 0.2) is 0 Å². The molecule has 1 unspecified atom stereocenters. The van der Waals surface area contributed by atoms with Gasteiger partial charge in [0.1, 0.15) is 5.69 Å². The quantitative estimate of drug-likeness (QED) is 0.650. The van der Waals surface area contributed by atoms with E-state index in [9.17, 15) is 19.7 Å². The van der Waals surface area contributed by atoms with Crippen molar-refractivity contribution in [1.82, 2.24) is 14.5 Å². The number of carboxylic acid groups (broad SMARTS) is 1. The molecule has 0 radical (unpaired) electrons. The van der Waals surface area contributed by atoms with E-state index in [0.717, 1.165) is 0 Å². The van der Waals surface area contributed by atoms with Crippen LogP contribution in [0.2, 0.25) is 0 Å². The van der Waals surface area contributed by atoms with Crippen LogP contribution in [0.4, 0.5) is 5.69 Å². The molecule has 2 aromatic rings. The number of carbonyl (C=O) groups is 2. The van der Waals surface area contributed by atoms with Crippen molar-refractivity contribution in [2.24, 2.45) is 11.3 Å². The highest BCUT2D eigenvalue weighted by molar-refractivity contribution is 5.95. The third-order valence-corrected chi connectivity index (χ3v) is 5.74. The molecule has 27 heavy (non-hydrogen) atoms. The maximum absolute atomic E-state index is 12.8. The number of nitrogens with zero attached hydrogens (tertiary/aromatic N) is 4. The minimum Gasteiger partial charge on any atom is -0.481 e. The summed E-state index contributed by atoms with van der Waals surface area (Å²) in [7, 11) is 0. The summed E-state index contributed by atoms with van der Waals surface area (Å²) in [5.74, 6) is -1.33. The second-order valence-corrected chi connectivity index (χ2v) is 7.18. The Morgan fingerprint density at radius 3 is 2.59 bits per heavy atom. The third-order valence-electron chi connectivity index (χ3n) is 5.74. The van der Waals surface area contributed by atoms with E-state index in [0.29, 0.717) is 38.0 Å². The Kier molecular flexibility index (Phi) is 3.94. The first kappa shape index (κ1) is 17.2. The molecular formula is C18H18N4O5. The molecule has 1 saturated heterocycles. The summed E-state index contributed by atoms with van der Waals surface area (Å²) in [6.07, 6.45) is 6.57. The van der Waals surface area contributed by atoms with Gasteiger partial charge < -0.3 is 14.6 Å². The number of likely N-dealkylation sites (tertiary alicyclic amines) is 1. The molecule has 0 bridgehead atoms. The standard InChI is InChI=1S/C18H18N4O5/c23-16(20-6-3-18(4-7-20)10-13(18)17(24)25)12-1-2-14(15(9-12)22(26)27)21-8-5-19-11-21/h1-2,5,8-9,11,13H,3-4,6-7,10H2,(H,24,25). The molecule has 1 aliphatic carbocycles. The summed E-state index contributed by atoms with van der Waals surface area (Å²) in [4.78, 5) is 40.4. The van der Waals surface area contributed by atoms with Crippen LogP contribution in [0.15, 0.2) is 36.9 Å². The molecular weight excluding hydrogens is 352 g/mol. The molecule has 2 heterocycles. The summed E-state index contributed by atoms with van der Waals surface area (Å²) >= 11 is 0. The van der Waals surface area contributed by atoms with Crippen LogP contribution >= 0.6 is 0 Å². The van der Waals surface area contributed by atoms with Gasteiger partial charge in [0.2, 0.25) is 0 Å². The molecule has 1 saturated carbocycles. The second kappa shape index (κ2) is 6.19. The largest absolute Gasteiger partial charge is 0.481 e. The number of carbonyl (C=O) groups excluding carboxylic acids is 1. The van der Waals surface area contributed by atoms with Crippen LogP contribution in [0.25, 0.3) is 5.69 Å². The smallest absolute Gasteiger partial charge is 0.307 e. The van der Waals surface area contributed by atoms with Crippen molar-refractivity contribution in [1.29, 1.82) is 0 Å². The summed E-state index contributed by atoms with van der Waals surface area (Å²) in [6, 6.07) is 4.41. The Balaban J connectivity index is 1.52. The van der Waals surface area contributed by atoms with Gasteiger partial charge in [0.25, 0.3) is 11.6 Å². The Morgan fingerprint density at radius 2 is 2.04 bits per heavy atom. The minimum absolute atomic E-state index is 0.166. The molecule has 9 nitrogen and oxygen atoms in total. The van der Waals surface area contributed by atoms with Crippen molar-refractivity contribution in [3.05, 3.63) is 52.6 Å². The van der Waals surface area contributed by atoms with Gasteiger partial charge in [-0.25, -0.2) is 4.98 Å². The highest BCUT2D eigenvalue weighted by atomic mass is 16.6. The zero-order valence-electron chi connectivity index (χ0n) is 14.4. The number of imidazole rings is 1. The fourth-order valence-corrected chi connectivity index (χ4v) is 4.01. The maximum Gasteiger partial charge on any atom is 0.307 e. The minimum atomic E-state index is -0.763. The predicted octanol–water partition coefficient (Wildman–Crippen LogP) is 2.11. The predicted molar refractivity (Wildman–Crippen MR) is 93.5 cm³/mol. The van der Waals surface area contributed by atoms with Crippen LogP contribution in [0.1, 0.15) is 29.6 Å². The van der Waals surface area contributed by atoms with Crippen LogP contribution in [-0.2, 0) is 4.79 Å². The number of hydrogen-bond acceptors (Lipinski definition) is 5. The number of piperidine rings is 1. The van der Waals surface area contributed by atoms with Crippen molar-refractivity contribution in [2.45, 2.75) is 19.3 Å². The van der Waals surface area contributed by atoms with Gasteiger partial charge in [-0.05, 0) is 36.8 Å². The van der Waals surface area contributed by atoms with E-state index in [1.807, 2.05) is 0 Å². The first-order chi connectivity index (χ1) is 12.9. The number of nitro groups is 1. The zero-order valence-corrected chi connectivity index (χ0v) is 14.4. The molecule has 1 amide bonds. The third kappa shape index (κ3) is 2.94. The molecule has 1 aromatic carbocycles. The van der Waals surface area contributed by atoms with E-state index in [-0.39, 0.29) is 28.5 Å². The molecule has 9 heteroatoms. The van der Waals surface area contributed by atoms with E-state index in [1.165, 1.54) is 23.2 Å². The molecule has 1 aromatic heterocycles. The topological polar surface area (TPSA) is 119 Å². The van der Waals surface area contributed by atoms with Gasteiger partial charge in [0, 0.05) is 37.1 Å². The number of hydrogen-bond donors (Lipinski definition) is 1. The van der Waals surface area contributed by atoms with Gasteiger partial charge in [-0.15, -0.1) is 0 Å². The number of benzene rings is 1. The maximum atomic E-state index is 12.8. The average Bonchev–Trinajstić information content (AvgIpc) is 3.10. The van der Waals surface area contributed by atoms with Crippen LogP contribution in [0, 0.1) is 21.4 Å². The Morgan fingerprint density at radius 1 is 1.30 bits per heavy atom. The first-order valence-electron chi connectivity index (χ1n) is 8.70. The van der Waals surface area contributed by atoms with Crippen LogP contribution in [0.3, 0.4) is 0 Å². The number of aliphatic carboxylic acids is 1. The summed E-state index contributed by atoms with van der Waals surface area (Å²) < 4.78 is 1.52. The lowest BCUT2D eigenvalue weighted by Crippen LogP contribution is -2.40. The van der Waals surface area contributed by atoms with E-state index in [1.54, 1.807) is 23.2 Å². The normalized spacial score (nSPS) is 20.4.